The summed E-state index contributed by atoms with van der Waals surface area (Å²) in [5, 5.41) is 16.6. The highest BCUT2D eigenvalue weighted by Gasteiger charge is 2.28. The number of hydrogen-bond acceptors (Lipinski definition) is 7. The average Bonchev–Trinajstić information content (AvgIpc) is 3.39. The van der Waals surface area contributed by atoms with Gasteiger partial charge in [-0.2, -0.15) is 0 Å². The third-order valence-corrected chi connectivity index (χ3v) is 5.00. The molecule has 2 N–H and O–H groups in total. The molecule has 2 heterocycles. The number of nitrogens with zero attached hydrogens (tertiary/aromatic N) is 3. The second kappa shape index (κ2) is 11.0. The molecule has 0 radical (unpaired) electrons. The summed E-state index contributed by atoms with van der Waals surface area (Å²) in [5.41, 5.74) is 0.978. The molecular weight excluding hydrogens is 422 g/mol. The highest BCUT2D eigenvalue weighted by molar-refractivity contribution is 6.05. The van der Waals surface area contributed by atoms with Gasteiger partial charge in [0.2, 0.25) is 0 Å². The summed E-state index contributed by atoms with van der Waals surface area (Å²) in [6, 6.07) is 12.2. The number of carbonyl (C=O) groups excluding carboxylic acids is 1. The quantitative estimate of drug-likeness (QED) is 0.398. The Bertz CT molecular complexity index is 1120. The summed E-state index contributed by atoms with van der Waals surface area (Å²) >= 11 is 0. The number of fused-ring (bicyclic) bond motifs is 1. The number of rotatable bonds is 8. The molecule has 9 heteroatoms. The second-order valence-corrected chi connectivity index (χ2v) is 7.41. The molecule has 9 nitrogen and oxygen atoms in total. The van der Waals surface area contributed by atoms with E-state index >= 15 is 0 Å². The standard InChI is InChI=1S/C24H25N5O4/c1-2-3-4-5-6-7-15-31-18-13-11-17(12-14-18)24(30)25-19-9-8-10-20-22(19)33-21(16-32-20)23-26-28-29-27-23/h8-14,21H,2-5,15-16H2,1H3,(H,25,30)(H,26,27,28,29). The van der Waals surface area contributed by atoms with Gasteiger partial charge in [-0.25, -0.2) is 5.10 Å². The van der Waals surface area contributed by atoms with Gasteiger partial charge in [0, 0.05) is 12.0 Å². The maximum absolute atomic E-state index is 12.8. The number of carbonyl (C=O) groups is 1. The molecule has 1 unspecified atom stereocenters. The third kappa shape index (κ3) is 5.80. The van der Waals surface area contributed by atoms with E-state index in [1.165, 1.54) is 12.8 Å². The lowest BCUT2D eigenvalue weighted by Crippen LogP contribution is -2.24. The predicted octanol–water partition coefficient (Wildman–Crippen LogP) is 3.93. The van der Waals surface area contributed by atoms with Crippen molar-refractivity contribution in [2.24, 2.45) is 0 Å². The van der Waals surface area contributed by atoms with E-state index in [1.54, 1.807) is 42.5 Å². The first kappa shape index (κ1) is 22.1. The van der Waals surface area contributed by atoms with E-state index in [2.05, 4.69) is 44.7 Å². The van der Waals surface area contributed by atoms with Crippen LogP contribution in [0.1, 0.15) is 54.9 Å². The van der Waals surface area contributed by atoms with Crippen LogP contribution < -0.4 is 19.5 Å². The van der Waals surface area contributed by atoms with Crippen LogP contribution in [0.4, 0.5) is 5.69 Å². The lowest BCUT2D eigenvalue weighted by molar-refractivity contribution is 0.0856. The van der Waals surface area contributed by atoms with Crippen LogP contribution in [-0.4, -0.2) is 39.7 Å². The van der Waals surface area contributed by atoms with Crippen molar-refractivity contribution in [3.8, 4) is 29.1 Å². The Morgan fingerprint density at radius 2 is 2.09 bits per heavy atom. The summed E-state index contributed by atoms with van der Waals surface area (Å²) in [6.45, 7) is 2.75. The van der Waals surface area contributed by atoms with Gasteiger partial charge in [-0.15, -0.1) is 5.10 Å². The van der Waals surface area contributed by atoms with Gasteiger partial charge in [-0.3, -0.25) is 4.79 Å². The van der Waals surface area contributed by atoms with Crippen LogP contribution in [0, 0.1) is 11.8 Å². The molecule has 1 amide bonds. The van der Waals surface area contributed by atoms with Gasteiger partial charge in [0.1, 0.15) is 19.0 Å². The minimum Gasteiger partial charge on any atom is -0.485 e. The maximum Gasteiger partial charge on any atom is 0.255 e. The first-order chi connectivity index (χ1) is 16.2. The highest BCUT2D eigenvalue weighted by Crippen LogP contribution is 2.41. The topological polar surface area (TPSA) is 111 Å². The lowest BCUT2D eigenvalue weighted by atomic mass is 10.2. The maximum atomic E-state index is 12.8. The number of aromatic amines is 1. The van der Waals surface area contributed by atoms with E-state index in [-0.39, 0.29) is 12.5 Å². The molecule has 0 spiro atoms. The number of benzene rings is 2. The van der Waals surface area contributed by atoms with Gasteiger partial charge in [0.25, 0.3) is 5.91 Å². The minimum atomic E-state index is -0.503. The van der Waals surface area contributed by atoms with Crippen LogP contribution in [0.25, 0.3) is 0 Å². The first-order valence-corrected chi connectivity index (χ1v) is 10.9. The van der Waals surface area contributed by atoms with E-state index in [9.17, 15) is 4.79 Å². The van der Waals surface area contributed by atoms with Gasteiger partial charge < -0.3 is 19.5 Å². The van der Waals surface area contributed by atoms with Crippen LogP contribution in [0.15, 0.2) is 42.5 Å². The molecule has 2 aromatic carbocycles. The van der Waals surface area contributed by atoms with Crippen molar-refractivity contribution in [2.75, 3.05) is 18.5 Å². The van der Waals surface area contributed by atoms with Gasteiger partial charge >= 0.3 is 0 Å². The molecule has 33 heavy (non-hydrogen) atoms. The molecule has 0 aliphatic carbocycles. The fourth-order valence-corrected chi connectivity index (χ4v) is 3.25. The van der Waals surface area contributed by atoms with Gasteiger partial charge in [-0.05, 0) is 53.2 Å². The molecule has 0 bridgehead atoms. The normalized spacial score (nSPS) is 14.2. The number of H-pyrrole nitrogens is 1. The molecule has 1 aliphatic rings. The zero-order valence-electron chi connectivity index (χ0n) is 18.3. The number of anilines is 1. The Kier molecular flexibility index (Phi) is 7.38. The Labute approximate surface area is 191 Å². The zero-order valence-corrected chi connectivity index (χ0v) is 18.3. The van der Waals surface area contributed by atoms with Crippen molar-refractivity contribution in [1.82, 2.24) is 20.6 Å². The summed E-state index contributed by atoms with van der Waals surface area (Å²) in [5.74, 6) is 7.92. The highest BCUT2D eigenvalue weighted by atomic mass is 16.6. The Morgan fingerprint density at radius 3 is 2.88 bits per heavy atom. The van der Waals surface area contributed by atoms with Crippen molar-refractivity contribution in [2.45, 2.75) is 38.7 Å². The van der Waals surface area contributed by atoms with E-state index in [0.29, 0.717) is 40.9 Å². The average molecular weight is 447 g/mol. The number of amides is 1. The molecule has 1 atom stereocenters. The number of nitrogens with one attached hydrogen (secondary N) is 2. The Balaban J connectivity index is 1.35. The summed E-state index contributed by atoms with van der Waals surface area (Å²) in [4.78, 5) is 12.8. The molecule has 1 aliphatic heterocycles. The summed E-state index contributed by atoms with van der Waals surface area (Å²) in [6.07, 6.45) is 3.89. The van der Waals surface area contributed by atoms with E-state index < -0.39 is 6.10 Å². The number of para-hydroxylation sites is 1. The largest absolute Gasteiger partial charge is 0.485 e. The molecule has 0 saturated carbocycles. The number of tetrazole rings is 1. The summed E-state index contributed by atoms with van der Waals surface area (Å²) < 4.78 is 17.4. The van der Waals surface area contributed by atoms with Crippen molar-refractivity contribution >= 4 is 11.6 Å². The van der Waals surface area contributed by atoms with E-state index in [0.717, 1.165) is 12.8 Å². The minimum absolute atomic E-state index is 0.256. The second-order valence-electron chi connectivity index (χ2n) is 7.41. The number of hydrogen-bond donors (Lipinski definition) is 2. The fourth-order valence-electron chi connectivity index (χ4n) is 3.25. The smallest absolute Gasteiger partial charge is 0.255 e. The van der Waals surface area contributed by atoms with Crippen LogP contribution in [0.2, 0.25) is 0 Å². The lowest BCUT2D eigenvalue weighted by Gasteiger charge is -2.26. The van der Waals surface area contributed by atoms with Crippen molar-refractivity contribution in [1.29, 1.82) is 0 Å². The van der Waals surface area contributed by atoms with E-state index in [4.69, 9.17) is 14.2 Å². The SMILES string of the molecule is CCCCCC#CCOc1ccc(C(=O)Nc2cccc3c2OC(c2nnn[nH]2)CO3)cc1. The van der Waals surface area contributed by atoms with Crippen LogP contribution in [0.3, 0.4) is 0 Å². The predicted molar refractivity (Wildman–Crippen MR) is 121 cm³/mol. The van der Waals surface area contributed by atoms with Crippen LogP contribution in [-0.2, 0) is 0 Å². The molecular formula is C24H25N5O4. The summed E-state index contributed by atoms with van der Waals surface area (Å²) in [7, 11) is 0. The van der Waals surface area contributed by atoms with Crippen molar-refractivity contribution in [3.63, 3.8) is 0 Å². The molecule has 4 rings (SSSR count). The Hall–Kier alpha value is -4.06. The van der Waals surface area contributed by atoms with Gasteiger partial charge in [-0.1, -0.05) is 37.7 Å². The zero-order chi connectivity index (χ0) is 22.9. The number of aromatic nitrogens is 4. The van der Waals surface area contributed by atoms with Crippen LogP contribution in [0.5, 0.6) is 17.2 Å². The Morgan fingerprint density at radius 1 is 1.21 bits per heavy atom. The number of ether oxygens (including phenoxy) is 3. The molecule has 170 valence electrons. The van der Waals surface area contributed by atoms with Gasteiger partial charge in [0.15, 0.2) is 23.4 Å². The van der Waals surface area contributed by atoms with Gasteiger partial charge in [0.05, 0.1) is 5.69 Å². The van der Waals surface area contributed by atoms with Crippen LogP contribution >= 0.6 is 0 Å². The molecule has 3 aromatic rings. The van der Waals surface area contributed by atoms with Crippen molar-refractivity contribution in [3.05, 3.63) is 53.9 Å². The third-order valence-electron chi connectivity index (χ3n) is 5.00. The monoisotopic (exact) mass is 447 g/mol. The van der Waals surface area contributed by atoms with E-state index in [1.807, 2.05) is 0 Å². The molecule has 0 fully saturated rings. The fraction of sp³-hybridized carbons (Fsp3) is 0.333. The number of unbranched alkanes of at least 4 members (excludes halogenated alkanes) is 3. The van der Waals surface area contributed by atoms with Crippen molar-refractivity contribution < 1.29 is 19.0 Å². The molecule has 0 saturated heterocycles. The molecule has 1 aromatic heterocycles. The first-order valence-electron chi connectivity index (χ1n) is 10.9.